The quantitative estimate of drug-likeness (QED) is 0.614. The number of aryl methyl sites for hydroxylation is 1. The number of rotatable bonds is 7. The van der Waals surface area contributed by atoms with Crippen LogP contribution in [0, 0.1) is 6.92 Å². The molecule has 0 unspecified atom stereocenters. The van der Waals surface area contributed by atoms with Crippen molar-refractivity contribution in [3.05, 3.63) is 93.2 Å². The Bertz CT molecular complexity index is 1040. The molecule has 4 rings (SSSR count). The standard InChI is InChI=1S/C23H26N2O2S2/c1-18-6-8-19(9-7-18)17-29(26,27)24-14-23(22-11-13-28-16-22)25-12-10-20-4-2-3-5-21(20)15-25/h2-9,11,13,16,23-24H,10,12,14-15,17H2,1H3/t23-/m1/s1. The molecule has 0 fully saturated rings. The Balaban J connectivity index is 1.48. The second kappa shape index (κ2) is 8.79. The van der Waals surface area contributed by atoms with E-state index in [4.69, 9.17) is 0 Å². The summed E-state index contributed by atoms with van der Waals surface area (Å²) in [7, 11) is -3.41. The fourth-order valence-electron chi connectivity index (χ4n) is 3.87. The van der Waals surface area contributed by atoms with E-state index in [1.807, 2.05) is 31.2 Å². The zero-order valence-electron chi connectivity index (χ0n) is 16.5. The molecule has 1 aromatic heterocycles. The number of benzene rings is 2. The van der Waals surface area contributed by atoms with Crippen molar-refractivity contribution in [2.24, 2.45) is 0 Å². The van der Waals surface area contributed by atoms with Gasteiger partial charge in [0.25, 0.3) is 0 Å². The molecule has 152 valence electrons. The average molecular weight is 427 g/mol. The maximum atomic E-state index is 12.7. The molecule has 2 heterocycles. The Morgan fingerprint density at radius 1 is 1.07 bits per heavy atom. The van der Waals surface area contributed by atoms with Crippen molar-refractivity contribution in [1.82, 2.24) is 9.62 Å². The number of hydrogen-bond donors (Lipinski definition) is 1. The smallest absolute Gasteiger partial charge is 0.215 e. The van der Waals surface area contributed by atoms with Crippen LogP contribution in [0.5, 0.6) is 0 Å². The van der Waals surface area contributed by atoms with E-state index in [1.54, 1.807) is 11.3 Å². The third-order valence-corrected chi connectivity index (χ3v) is 7.52. The summed E-state index contributed by atoms with van der Waals surface area (Å²) in [5.74, 6) is 0.00642. The Morgan fingerprint density at radius 2 is 1.83 bits per heavy atom. The lowest BCUT2D eigenvalue weighted by molar-refractivity contribution is 0.180. The van der Waals surface area contributed by atoms with Crippen molar-refractivity contribution in [3.8, 4) is 0 Å². The van der Waals surface area contributed by atoms with Gasteiger partial charge in [0.2, 0.25) is 10.0 Å². The van der Waals surface area contributed by atoms with Crippen molar-refractivity contribution in [3.63, 3.8) is 0 Å². The van der Waals surface area contributed by atoms with Crippen LogP contribution in [0.1, 0.15) is 33.9 Å². The van der Waals surface area contributed by atoms with Gasteiger partial charge in [-0.25, -0.2) is 13.1 Å². The Morgan fingerprint density at radius 3 is 2.55 bits per heavy atom. The molecule has 2 aromatic carbocycles. The summed E-state index contributed by atoms with van der Waals surface area (Å²) in [5, 5.41) is 4.18. The van der Waals surface area contributed by atoms with Gasteiger partial charge in [0.15, 0.2) is 0 Å². The molecule has 3 aromatic rings. The van der Waals surface area contributed by atoms with E-state index in [1.165, 1.54) is 16.7 Å². The highest BCUT2D eigenvalue weighted by Crippen LogP contribution is 2.29. The first-order chi connectivity index (χ1) is 14.0. The van der Waals surface area contributed by atoms with E-state index in [9.17, 15) is 8.42 Å². The van der Waals surface area contributed by atoms with Crippen LogP contribution in [0.2, 0.25) is 0 Å². The summed E-state index contributed by atoms with van der Waals surface area (Å²) in [6, 6.07) is 18.3. The molecule has 0 radical (unpaired) electrons. The van der Waals surface area contributed by atoms with Gasteiger partial charge in [-0.2, -0.15) is 11.3 Å². The van der Waals surface area contributed by atoms with Crippen LogP contribution < -0.4 is 4.72 Å². The number of nitrogens with one attached hydrogen (secondary N) is 1. The van der Waals surface area contributed by atoms with E-state index in [2.05, 4.69) is 50.7 Å². The fourth-order valence-corrected chi connectivity index (χ4v) is 5.72. The molecule has 0 amide bonds. The highest BCUT2D eigenvalue weighted by Gasteiger charge is 2.26. The second-order valence-electron chi connectivity index (χ2n) is 7.65. The number of sulfonamides is 1. The lowest BCUT2D eigenvalue weighted by Gasteiger charge is -2.35. The zero-order valence-corrected chi connectivity index (χ0v) is 18.2. The van der Waals surface area contributed by atoms with E-state index in [-0.39, 0.29) is 11.8 Å². The molecule has 1 N–H and O–H groups in total. The number of hydrogen-bond acceptors (Lipinski definition) is 4. The minimum atomic E-state index is -3.41. The summed E-state index contributed by atoms with van der Waals surface area (Å²) in [4.78, 5) is 2.39. The third kappa shape index (κ3) is 5.14. The fraction of sp³-hybridized carbons (Fsp3) is 0.304. The molecular weight excluding hydrogens is 400 g/mol. The van der Waals surface area contributed by atoms with Gasteiger partial charge in [-0.1, -0.05) is 54.1 Å². The largest absolute Gasteiger partial charge is 0.290 e. The van der Waals surface area contributed by atoms with Crippen LogP contribution in [0.3, 0.4) is 0 Å². The molecule has 0 bridgehead atoms. The Hall–Kier alpha value is -1.99. The van der Waals surface area contributed by atoms with Gasteiger partial charge in [0.05, 0.1) is 5.75 Å². The van der Waals surface area contributed by atoms with Crippen LogP contribution in [-0.4, -0.2) is 26.4 Å². The first kappa shape index (κ1) is 20.3. The van der Waals surface area contributed by atoms with Gasteiger partial charge < -0.3 is 0 Å². The van der Waals surface area contributed by atoms with Crippen molar-refractivity contribution in [2.75, 3.05) is 13.1 Å². The highest BCUT2D eigenvalue weighted by atomic mass is 32.2. The molecule has 1 aliphatic heterocycles. The van der Waals surface area contributed by atoms with Crippen LogP contribution >= 0.6 is 11.3 Å². The topological polar surface area (TPSA) is 49.4 Å². The molecule has 29 heavy (non-hydrogen) atoms. The number of nitrogens with zero attached hydrogens (tertiary/aromatic N) is 1. The minimum absolute atomic E-state index is 0.00642. The van der Waals surface area contributed by atoms with Crippen molar-refractivity contribution >= 4 is 21.4 Å². The molecule has 0 spiro atoms. The second-order valence-corrected chi connectivity index (χ2v) is 10.2. The van der Waals surface area contributed by atoms with Crippen molar-refractivity contribution in [2.45, 2.75) is 31.7 Å². The third-order valence-electron chi connectivity index (χ3n) is 5.50. The van der Waals surface area contributed by atoms with Crippen LogP contribution in [0.15, 0.2) is 65.4 Å². The lowest BCUT2D eigenvalue weighted by Crippen LogP contribution is -2.40. The Kier molecular flexibility index (Phi) is 6.15. The van der Waals surface area contributed by atoms with E-state index < -0.39 is 10.0 Å². The predicted molar refractivity (Wildman–Crippen MR) is 119 cm³/mol. The van der Waals surface area contributed by atoms with Gasteiger partial charge >= 0.3 is 0 Å². The highest BCUT2D eigenvalue weighted by molar-refractivity contribution is 7.88. The van der Waals surface area contributed by atoms with Crippen LogP contribution in [0.4, 0.5) is 0 Å². The van der Waals surface area contributed by atoms with Gasteiger partial charge in [-0.3, -0.25) is 4.90 Å². The molecular formula is C23H26N2O2S2. The van der Waals surface area contributed by atoms with Gasteiger partial charge in [-0.05, 0) is 52.4 Å². The molecule has 4 nitrogen and oxygen atoms in total. The first-order valence-corrected chi connectivity index (χ1v) is 12.5. The normalized spacial score (nSPS) is 15.8. The Labute approximate surface area is 177 Å². The maximum absolute atomic E-state index is 12.7. The summed E-state index contributed by atoms with van der Waals surface area (Å²) < 4.78 is 28.3. The van der Waals surface area contributed by atoms with Crippen molar-refractivity contribution < 1.29 is 8.42 Å². The first-order valence-electron chi connectivity index (χ1n) is 9.86. The van der Waals surface area contributed by atoms with Gasteiger partial charge in [-0.15, -0.1) is 0 Å². The SMILES string of the molecule is Cc1ccc(CS(=O)(=O)NC[C@H](c2ccsc2)N2CCc3ccccc3C2)cc1. The molecule has 1 atom stereocenters. The summed E-state index contributed by atoms with van der Waals surface area (Å²) >= 11 is 1.65. The van der Waals surface area contributed by atoms with Gasteiger partial charge in [0.1, 0.15) is 0 Å². The zero-order chi connectivity index (χ0) is 20.3. The van der Waals surface area contributed by atoms with Crippen molar-refractivity contribution in [1.29, 1.82) is 0 Å². The van der Waals surface area contributed by atoms with E-state index in [0.717, 1.165) is 30.6 Å². The average Bonchev–Trinajstić information content (AvgIpc) is 3.24. The predicted octanol–water partition coefficient (Wildman–Crippen LogP) is 4.28. The van der Waals surface area contributed by atoms with Crippen LogP contribution in [0.25, 0.3) is 0 Å². The maximum Gasteiger partial charge on any atom is 0.215 e. The summed E-state index contributed by atoms with van der Waals surface area (Å²) in [6.45, 7) is 4.15. The van der Waals surface area contributed by atoms with E-state index >= 15 is 0 Å². The summed E-state index contributed by atoms with van der Waals surface area (Å²) in [5.41, 5.74) is 5.84. The monoisotopic (exact) mass is 426 g/mol. The molecule has 0 aliphatic carbocycles. The number of fused-ring (bicyclic) bond motifs is 1. The lowest BCUT2D eigenvalue weighted by atomic mass is 9.97. The van der Waals surface area contributed by atoms with Crippen LogP contribution in [-0.2, 0) is 28.7 Å². The number of thiophene rings is 1. The molecule has 1 aliphatic rings. The molecule has 6 heteroatoms. The van der Waals surface area contributed by atoms with E-state index in [0.29, 0.717) is 6.54 Å². The summed E-state index contributed by atoms with van der Waals surface area (Å²) in [6.07, 6.45) is 0.993. The molecule has 0 saturated heterocycles. The minimum Gasteiger partial charge on any atom is -0.290 e. The van der Waals surface area contributed by atoms with Gasteiger partial charge in [0, 0.05) is 25.7 Å². The molecule has 0 saturated carbocycles.